The van der Waals surface area contributed by atoms with Crippen LogP contribution in [0.5, 0.6) is 0 Å². The first kappa shape index (κ1) is 16.8. The van der Waals surface area contributed by atoms with Gasteiger partial charge in [0.15, 0.2) is 0 Å². The van der Waals surface area contributed by atoms with Gasteiger partial charge in [-0.1, -0.05) is 0 Å². The molecular weight excluding hydrogens is 303 g/mol. The fourth-order valence-corrected chi connectivity index (χ4v) is 3.12. The van der Waals surface area contributed by atoms with Gasteiger partial charge < -0.3 is 0 Å². The molecule has 16 heavy (non-hydrogen) atoms. The second kappa shape index (κ2) is 10.9. The van der Waals surface area contributed by atoms with Crippen LogP contribution in [0.2, 0.25) is 0 Å². The Morgan fingerprint density at radius 3 is 1.44 bits per heavy atom. The van der Waals surface area contributed by atoms with Crippen molar-refractivity contribution >= 4 is 22.5 Å². The molecule has 0 atom stereocenters. The molecule has 0 aliphatic carbocycles. The zero-order valence-electron chi connectivity index (χ0n) is 11.5. The van der Waals surface area contributed by atoms with Crippen LogP contribution in [0.4, 0.5) is 0 Å². The number of hydrogen-bond donors (Lipinski definition) is 0. The first-order valence-corrected chi connectivity index (χ1v) is 9.05. The Balaban J connectivity index is 4.32. The van der Waals surface area contributed by atoms with Crippen LogP contribution >= 0.6 is 0 Å². The zero-order chi connectivity index (χ0) is 12.3. The molecule has 3 radical (unpaired) electrons. The zero-order valence-corrected chi connectivity index (χ0v) is 14.3. The molecule has 0 saturated heterocycles. The van der Waals surface area contributed by atoms with Crippen molar-refractivity contribution in [2.45, 2.75) is 84.2 Å². The van der Waals surface area contributed by atoms with E-state index in [0.29, 0.717) is 0 Å². The molecule has 0 bridgehead atoms. The number of hydrogen-bond acceptors (Lipinski definition) is 1. The third-order valence-corrected chi connectivity index (χ3v) is 3.75. The summed E-state index contributed by atoms with van der Waals surface area (Å²) < 4.78 is 7.14. The molecule has 0 aromatic heterocycles. The average Bonchev–Trinajstić information content (AvgIpc) is 2.31. The van der Waals surface area contributed by atoms with Gasteiger partial charge in [0.1, 0.15) is 0 Å². The molecule has 0 aromatic carbocycles. The van der Waals surface area contributed by atoms with Crippen molar-refractivity contribution in [1.29, 1.82) is 0 Å². The summed E-state index contributed by atoms with van der Waals surface area (Å²) in [5, 5.41) is 0. The SMILES string of the molecule is CCCCC(CCCC)(CCCC)O[CH2][Sn]. The van der Waals surface area contributed by atoms with Gasteiger partial charge in [-0.3, -0.25) is 0 Å². The average molecular weight is 332 g/mol. The summed E-state index contributed by atoms with van der Waals surface area (Å²) in [6.07, 6.45) is 11.7. The fourth-order valence-electron chi connectivity index (χ4n) is 2.24. The molecule has 0 N–H and O–H groups in total. The first-order chi connectivity index (χ1) is 7.74. The van der Waals surface area contributed by atoms with Gasteiger partial charge in [0.2, 0.25) is 0 Å². The van der Waals surface area contributed by atoms with Crippen LogP contribution in [0.3, 0.4) is 0 Å². The van der Waals surface area contributed by atoms with Crippen molar-refractivity contribution in [1.82, 2.24) is 0 Å². The molecule has 0 aliphatic heterocycles. The van der Waals surface area contributed by atoms with Crippen molar-refractivity contribution in [3.63, 3.8) is 0 Å². The van der Waals surface area contributed by atoms with Crippen LogP contribution in [0.1, 0.15) is 78.6 Å². The molecule has 95 valence electrons. The van der Waals surface area contributed by atoms with Crippen LogP contribution in [-0.2, 0) is 4.74 Å². The van der Waals surface area contributed by atoms with Gasteiger partial charge in [0, 0.05) is 0 Å². The summed E-state index contributed by atoms with van der Waals surface area (Å²) in [4.78, 5) is 0. The summed E-state index contributed by atoms with van der Waals surface area (Å²) >= 11 is 1.51. The normalized spacial score (nSPS) is 12.0. The van der Waals surface area contributed by atoms with E-state index in [1.807, 2.05) is 0 Å². The summed E-state index contributed by atoms with van der Waals surface area (Å²) in [6.45, 7) is 6.84. The first-order valence-electron chi connectivity index (χ1n) is 7.03. The van der Waals surface area contributed by atoms with Crippen molar-refractivity contribution in [2.75, 3.05) is 4.62 Å². The maximum atomic E-state index is 6.18. The van der Waals surface area contributed by atoms with Gasteiger partial charge in [0.05, 0.1) is 0 Å². The standard InChI is InChI=1S/C14H29O.Sn/c1-5-8-11-14(15-4,12-9-6-2)13-10-7-3;/h4-13H2,1-3H3;. The molecule has 0 fully saturated rings. The van der Waals surface area contributed by atoms with E-state index in [4.69, 9.17) is 4.74 Å². The second-order valence-corrected chi connectivity index (χ2v) is 5.61. The van der Waals surface area contributed by atoms with E-state index in [1.165, 1.54) is 80.3 Å². The van der Waals surface area contributed by atoms with Crippen molar-refractivity contribution in [3.8, 4) is 0 Å². The van der Waals surface area contributed by atoms with Gasteiger partial charge >= 0.3 is 116 Å². The van der Waals surface area contributed by atoms with E-state index in [0.717, 1.165) is 4.62 Å². The van der Waals surface area contributed by atoms with Gasteiger partial charge in [-0.05, 0) is 0 Å². The minimum atomic E-state index is 0.228. The molecule has 0 aromatic rings. The molecule has 1 nitrogen and oxygen atoms in total. The molecule has 0 aliphatic rings. The Morgan fingerprint density at radius 2 is 1.19 bits per heavy atom. The third-order valence-electron chi connectivity index (χ3n) is 3.34. The summed E-state index contributed by atoms with van der Waals surface area (Å²) in [7, 11) is 0. The van der Waals surface area contributed by atoms with Crippen molar-refractivity contribution < 1.29 is 4.74 Å². The Hall–Kier alpha value is 0.759. The Morgan fingerprint density at radius 1 is 0.812 bits per heavy atom. The molecule has 0 unspecified atom stereocenters. The van der Waals surface area contributed by atoms with E-state index in [9.17, 15) is 0 Å². The Labute approximate surface area is 116 Å². The van der Waals surface area contributed by atoms with Gasteiger partial charge in [-0.25, -0.2) is 0 Å². The van der Waals surface area contributed by atoms with Crippen LogP contribution < -0.4 is 0 Å². The van der Waals surface area contributed by atoms with Gasteiger partial charge in [-0.15, -0.1) is 0 Å². The Bertz CT molecular complexity index is 126. The topological polar surface area (TPSA) is 9.23 Å². The quantitative estimate of drug-likeness (QED) is 0.509. The second-order valence-electron chi connectivity index (χ2n) is 4.78. The summed E-state index contributed by atoms with van der Waals surface area (Å²) in [6, 6.07) is 0. The van der Waals surface area contributed by atoms with Crippen molar-refractivity contribution in [3.05, 3.63) is 0 Å². The summed E-state index contributed by atoms with van der Waals surface area (Å²) in [5.74, 6) is 0. The van der Waals surface area contributed by atoms with Crippen LogP contribution in [0, 0.1) is 0 Å². The molecular formula is C14H29OSn. The maximum absolute atomic E-state index is 6.18. The van der Waals surface area contributed by atoms with E-state index >= 15 is 0 Å². The predicted octanol–water partition coefficient (Wildman–Crippen LogP) is 4.44. The van der Waals surface area contributed by atoms with Gasteiger partial charge in [-0.2, -0.15) is 0 Å². The van der Waals surface area contributed by atoms with Crippen LogP contribution in [0.15, 0.2) is 0 Å². The van der Waals surface area contributed by atoms with Gasteiger partial charge in [0.25, 0.3) is 0 Å². The van der Waals surface area contributed by atoms with E-state index in [2.05, 4.69) is 20.8 Å². The summed E-state index contributed by atoms with van der Waals surface area (Å²) in [5.41, 5.74) is 0.228. The molecule has 0 amide bonds. The molecule has 0 spiro atoms. The van der Waals surface area contributed by atoms with E-state index < -0.39 is 0 Å². The molecule has 2 heteroatoms. The van der Waals surface area contributed by atoms with Crippen LogP contribution in [0.25, 0.3) is 0 Å². The predicted molar refractivity (Wildman–Crippen MR) is 73.0 cm³/mol. The monoisotopic (exact) mass is 333 g/mol. The molecule has 0 heterocycles. The third kappa shape index (κ3) is 7.16. The van der Waals surface area contributed by atoms with Crippen LogP contribution in [-0.4, -0.2) is 32.7 Å². The van der Waals surface area contributed by atoms with Crippen molar-refractivity contribution in [2.24, 2.45) is 0 Å². The number of rotatable bonds is 11. The molecule has 0 rings (SSSR count). The van der Waals surface area contributed by atoms with E-state index in [-0.39, 0.29) is 5.60 Å². The van der Waals surface area contributed by atoms with E-state index in [1.54, 1.807) is 0 Å². The number of unbranched alkanes of at least 4 members (excludes halogenated alkanes) is 3. The molecule has 0 saturated carbocycles. The fraction of sp³-hybridized carbons (Fsp3) is 1.00. The Kier molecular flexibility index (Phi) is 11.4. The number of ether oxygens (including phenoxy) is 1. The minimum absolute atomic E-state index is 0.228.